The van der Waals surface area contributed by atoms with Crippen LogP contribution < -0.4 is 0 Å². The van der Waals surface area contributed by atoms with E-state index in [4.69, 9.17) is 0 Å². The van der Waals surface area contributed by atoms with Crippen molar-refractivity contribution in [3.8, 4) is 0 Å². The van der Waals surface area contributed by atoms with Gasteiger partial charge < -0.3 is 4.90 Å². The average Bonchev–Trinajstić information content (AvgIpc) is 2.31. The Labute approximate surface area is 100 Å². The van der Waals surface area contributed by atoms with Crippen molar-refractivity contribution < 1.29 is 4.79 Å². The van der Waals surface area contributed by atoms with Gasteiger partial charge in [-0.1, -0.05) is 26.7 Å². The van der Waals surface area contributed by atoms with Gasteiger partial charge >= 0.3 is 0 Å². The topological polar surface area (TPSA) is 20.3 Å². The second kappa shape index (κ2) is 7.83. The Hall–Kier alpha value is -0.370. The molecule has 94 valence electrons. The molecule has 0 saturated carbocycles. The van der Waals surface area contributed by atoms with Crippen LogP contribution in [-0.2, 0) is 4.79 Å². The van der Waals surface area contributed by atoms with Gasteiger partial charge in [-0.2, -0.15) is 0 Å². The maximum atomic E-state index is 11.2. The van der Waals surface area contributed by atoms with Crippen LogP contribution in [-0.4, -0.2) is 29.8 Å². The molecule has 0 aromatic heterocycles. The predicted octanol–water partition coefficient (Wildman–Crippen LogP) is 3.40. The molecular weight excluding hydrogens is 198 g/mol. The Balaban J connectivity index is 2.24. The van der Waals surface area contributed by atoms with Crippen LogP contribution in [0.1, 0.15) is 65.2 Å². The summed E-state index contributed by atoms with van der Waals surface area (Å²) >= 11 is 0. The van der Waals surface area contributed by atoms with E-state index in [-0.39, 0.29) is 0 Å². The fourth-order valence-corrected chi connectivity index (χ4v) is 2.67. The van der Waals surface area contributed by atoms with E-state index in [1.807, 2.05) is 6.92 Å². The molecule has 2 nitrogen and oxygen atoms in total. The van der Waals surface area contributed by atoms with Gasteiger partial charge in [-0.15, -0.1) is 0 Å². The van der Waals surface area contributed by atoms with E-state index in [1.165, 1.54) is 38.6 Å². The second-order valence-electron chi connectivity index (χ2n) is 4.97. The van der Waals surface area contributed by atoms with Crippen LogP contribution in [0.4, 0.5) is 0 Å². The molecule has 0 aromatic carbocycles. The molecule has 0 amide bonds. The third kappa shape index (κ3) is 4.65. The Morgan fingerprint density at radius 1 is 1.31 bits per heavy atom. The molecule has 0 radical (unpaired) electrons. The van der Waals surface area contributed by atoms with Crippen LogP contribution in [0.15, 0.2) is 0 Å². The van der Waals surface area contributed by atoms with Crippen LogP contribution in [0.3, 0.4) is 0 Å². The Bertz CT molecular complexity index is 201. The van der Waals surface area contributed by atoms with E-state index in [1.54, 1.807) is 0 Å². The summed E-state index contributed by atoms with van der Waals surface area (Å²) in [7, 11) is 0. The number of hydrogen-bond donors (Lipinski definition) is 0. The van der Waals surface area contributed by atoms with E-state index in [2.05, 4.69) is 11.8 Å². The van der Waals surface area contributed by atoms with Crippen molar-refractivity contribution in [2.24, 2.45) is 0 Å². The average molecular weight is 225 g/mol. The van der Waals surface area contributed by atoms with E-state index < -0.39 is 0 Å². The quantitative estimate of drug-likeness (QED) is 0.662. The maximum absolute atomic E-state index is 11.2. The van der Waals surface area contributed by atoms with Gasteiger partial charge in [0.1, 0.15) is 5.78 Å². The first-order valence-electron chi connectivity index (χ1n) is 7.03. The zero-order valence-electron chi connectivity index (χ0n) is 11.0. The molecule has 0 bridgehead atoms. The molecule has 16 heavy (non-hydrogen) atoms. The number of rotatable bonds is 7. The minimum Gasteiger partial charge on any atom is -0.300 e. The van der Waals surface area contributed by atoms with Gasteiger partial charge in [0, 0.05) is 18.9 Å². The Morgan fingerprint density at radius 3 is 2.81 bits per heavy atom. The van der Waals surface area contributed by atoms with E-state index >= 15 is 0 Å². The number of carbonyl (C=O) groups is 1. The first-order chi connectivity index (χ1) is 7.77. The van der Waals surface area contributed by atoms with Crippen molar-refractivity contribution in [1.82, 2.24) is 4.90 Å². The Kier molecular flexibility index (Phi) is 6.70. The lowest BCUT2D eigenvalue weighted by molar-refractivity contribution is -0.118. The summed E-state index contributed by atoms with van der Waals surface area (Å²) in [5, 5.41) is 0. The largest absolute Gasteiger partial charge is 0.300 e. The molecule has 0 N–H and O–H groups in total. The third-order valence-corrected chi connectivity index (χ3v) is 3.67. The van der Waals surface area contributed by atoms with Gasteiger partial charge in [0.2, 0.25) is 0 Å². The highest BCUT2D eigenvalue weighted by molar-refractivity contribution is 5.77. The molecule has 1 atom stereocenters. The number of Topliss-reactive ketones (excluding diaryl/α,β-unsaturated/α-hetero) is 1. The SMILES string of the molecule is CCCC1CCCCN1CCCC(=O)CC. The highest BCUT2D eigenvalue weighted by Gasteiger charge is 2.20. The molecular formula is C14H27NO. The van der Waals surface area contributed by atoms with Crippen LogP contribution in [0.5, 0.6) is 0 Å². The molecule has 1 heterocycles. The maximum Gasteiger partial charge on any atom is 0.132 e. The molecule has 1 aliphatic heterocycles. The minimum absolute atomic E-state index is 0.420. The highest BCUT2D eigenvalue weighted by Crippen LogP contribution is 2.21. The number of piperidine rings is 1. The van der Waals surface area contributed by atoms with Crippen molar-refractivity contribution in [3.05, 3.63) is 0 Å². The van der Waals surface area contributed by atoms with Gasteiger partial charge in [0.15, 0.2) is 0 Å². The molecule has 0 spiro atoms. The smallest absolute Gasteiger partial charge is 0.132 e. The summed E-state index contributed by atoms with van der Waals surface area (Å²) in [6, 6.07) is 0.801. The monoisotopic (exact) mass is 225 g/mol. The summed E-state index contributed by atoms with van der Waals surface area (Å²) in [4.78, 5) is 13.9. The molecule has 0 aliphatic carbocycles. The molecule has 2 heteroatoms. The molecule has 1 saturated heterocycles. The van der Waals surface area contributed by atoms with Crippen molar-refractivity contribution >= 4 is 5.78 Å². The zero-order chi connectivity index (χ0) is 11.8. The van der Waals surface area contributed by atoms with E-state index in [0.717, 1.165) is 25.4 Å². The summed E-state index contributed by atoms with van der Waals surface area (Å²) in [5.41, 5.74) is 0. The standard InChI is InChI=1S/C14H27NO/c1-3-8-13-9-5-6-11-15(13)12-7-10-14(16)4-2/h13H,3-12H2,1-2H3. The lowest BCUT2D eigenvalue weighted by atomic mass is 9.98. The number of nitrogens with zero attached hydrogens (tertiary/aromatic N) is 1. The number of carbonyl (C=O) groups excluding carboxylic acids is 1. The van der Waals surface area contributed by atoms with Crippen LogP contribution in [0, 0.1) is 0 Å². The van der Waals surface area contributed by atoms with Gasteiger partial charge in [0.05, 0.1) is 0 Å². The lowest BCUT2D eigenvalue weighted by Gasteiger charge is -2.35. The van der Waals surface area contributed by atoms with Gasteiger partial charge in [-0.3, -0.25) is 4.79 Å². The number of hydrogen-bond acceptors (Lipinski definition) is 2. The van der Waals surface area contributed by atoms with Gasteiger partial charge in [0.25, 0.3) is 0 Å². The van der Waals surface area contributed by atoms with Crippen molar-refractivity contribution in [2.75, 3.05) is 13.1 Å². The lowest BCUT2D eigenvalue weighted by Crippen LogP contribution is -2.40. The van der Waals surface area contributed by atoms with Crippen LogP contribution in [0.2, 0.25) is 0 Å². The molecule has 1 rings (SSSR count). The first-order valence-corrected chi connectivity index (χ1v) is 7.03. The van der Waals surface area contributed by atoms with E-state index in [0.29, 0.717) is 12.2 Å². The highest BCUT2D eigenvalue weighted by atomic mass is 16.1. The fraction of sp³-hybridized carbons (Fsp3) is 0.929. The number of likely N-dealkylation sites (tertiary alicyclic amines) is 1. The Morgan fingerprint density at radius 2 is 2.12 bits per heavy atom. The van der Waals surface area contributed by atoms with Crippen LogP contribution >= 0.6 is 0 Å². The number of ketones is 1. The second-order valence-corrected chi connectivity index (χ2v) is 4.97. The predicted molar refractivity (Wildman–Crippen MR) is 68.7 cm³/mol. The van der Waals surface area contributed by atoms with E-state index in [9.17, 15) is 4.79 Å². The molecule has 1 aliphatic rings. The summed E-state index contributed by atoms with van der Waals surface area (Å²) in [6.07, 6.45) is 9.29. The fourth-order valence-electron chi connectivity index (χ4n) is 2.67. The molecule has 0 aromatic rings. The third-order valence-electron chi connectivity index (χ3n) is 3.67. The minimum atomic E-state index is 0.420. The van der Waals surface area contributed by atoms with Gasteiger partial charge in [-0.25, -0.2) is 0 Å². The summed E-state index contributed by atoms with van der Waals surface area (Å²) < 4.78 is 0. The molecule has 1 unspecified atom stereocenters. The van der Waals surface area contributed by atoms with Crippen molar-refractivity contribution in [1.29, 1.82) is 0 Å². The summed E-state index contributed by atoms with van der Waals surface area (Å²) in [5.74, 6) is 0.420. The van der Waals surface area contributed by atoms with Crippen molar-refractivity contribution in [2.45, 2.75) is 71.3 Å². The zero-order valence-corrected chi connectivity index (χ0v) is 11.0. The van der Waals surface area contributed by atoms with Crippen LogP contribution in [0.25, 0.3) is 0 Å². The van der Waals surface area contributed by atoms with Gasteiger partial charge in [-0.05, 0) is 38.8 Å². The normalized spacial score (nSPS) is 22.2. The first kappa shape index (κ1) is 13.7. The van der Waals surface area contributed by atoms with Crippen molar-refractivity contribution in [3.63, 3.8) is 0 Å². The molecule has 1 fully saturated rings. The summed E-state index contributed by atoms with van der Waals surface area (Å²) in [6.45, 7) is 6.62.